The van der Waals surface area contributed by atoms with E-state index in [4.69, 9.17) is 9.47 Å². The van der Waals surface area contributed by atoms with Gasteiger partial charge < -0.3 is 14.3 Å². The number of alkyl halides is 2. The summed E-state index contributed by atoms with van der Waals surface area (Å²) >= 11 is 0. The Morgan fingerprint density at radius 2 is 1.92 bits per heavy atom. The van der Waals surface area contributed by atoms with Gasteiger partial charge >= 0.3 is 5.69 Å². The summed E-state index contributed by atoms with van der Waals surface area (Å²) in [5.41, 5.74) is 0.0296. The van der Waals surface area contributed by atoms with Crippen molar-refractivity contribution in [1.29, 1.82) is 0 Å². The van der Waals surface area contributed by atoms with Gasteiger partial charge in [0.1, 0.15) is 29.8 Å². The number of nitrogens with zero attached hydrogens (tertiary/aromatic N) is 6. The van der Waals surface area contributed by atoms with Crippen LogP contribution in [0.4, 0.5) is 14.5 Å². The second-order valence-corrected chi connectivity index (χ2v) is 8.55. The maximum absolute atomic E-state index is 13.8. The summed E-state index contributed by atoms with van der Waals surface area (Å²) in [7, 11) is 3.01. The van der Waals surface area contributed by atoms with E-state index in [2.05, 4.69) is 15.5 Å². The highest BCUT2D eigenvalue weighted by molar-refractivity contribution is 6.04. The number of benzene rings is 2. The maximum Gasteiger partial charge on any atom is 0.368 e. The van der Waals surface area contributed by atoms with Crippen LogP contribution in [0.5, 0.6) is 11.5 Å². The Bertz CT molecular complexity index is 1390. The molecule has 0 spiro atoms. The molecule has 2 heterocycles. The molecule has 1 aromatic heterocycles. The summed E-state index contributed by atoms with van der Waals surface area (Å²) in [6, 6.07) is 9.49. The predicted molar refractivity (Wildman–Crippen MR) is 128 cm³/mol. The van der Waals surface area contributed by atoms with E-state index < -0.39 is 23.6 Å². The van der Waals surface area contributed by atoms with Crippen LogP contribution in [0.1, 0.15) is 25.0 Å². The molecule has 190 valence electrons. The van der Waals surface area contributed by atoms with E-state index in [0.717, 1.165) is 14.9 Å². The molecule has 0 amide bonds. The van der Waals surface area contributed by atoms with Gasteiger partial charge in [0.25, 0.3) is 6.43 Å². The van der Waals surface area contributed by atoms with E-state index in [9.17, 15) is 18.4 Å². The molecule has 0 radical (unpaired) electrons. The number of methoxy groups -OCH3 is 1. The molecule has 12 heteroatoms. The molecule has 4 rings (SSSR count). The lowest BCUT2D eigenvalue weighted by Crippen LogP contribution is -2.48. The maximum atomic E-state index is 13.8. The molecule has 1 aliphatic heterocycles. The fraction of sp³-hybridized carbons (Fsp3) is 0.375. The standard InChI is InChI=1S/C24H26F2N6O4/c1-14-11-17(31-16(3)24(13-33,22(25)26)15(2)27-31)9-10-20(14)36-12-18-19(7-6-8-21(18)35-5)32-23(34)30(4)28-29-32/h6-11,13,16,22H,12H2,1-5H3. The molecule has 2 aromatic carbocycles. The molecule has 0 bridgehead atoms. The normalized spacial score (nSPS) is 19.5. The lowest BCUT2D eigenvalue weighted by Gasteiger charge is -2.31. The summed E-state index contributed by atoms with van der Waals surface area (Å²) in [4.78, 5) is 24.1. The fourth-order valence-corrected chi connectivity index (χ4v) is 4.34. The van der Waals surface area contributed by atoms with Crippen LogP contribution < -0.4 is 20.2 Å². The predicted octanol–water partition coefficient (Wildman–Crippen LogP) is 2.90. The van der Waals surface area contributed by atoms with Crippen molar-refractivity contribution in [2.75, 3.05) is 12.1 Å². The Balaban J connectivity index is 1.61. The number of aryl methyl sites for hydroxylation is 2. The van der Waals surface area contributed by atoms with E-state index in [1.54, 1.807) is 43.3 Å². The summed E-state index contributed by atoms with van der Waals surface area (Å²) in [5.74, 6) is 1.04. The molecule has 0 aliphatic carbocycles. The van der Waals surface area contributed by atoms with Crippen molar-refractivity contribution in [2.45, 2.75) is 39.8 Å². The lowest BCUT2D eigenvalue weighted by molar-refractivity contribution is -0.119. The van der Waals surface area contributed by atoms with Gasteiger partial charge in [0.2, 0.25) is 0 Å². The zero-order valence-electron chi connectivity index (χ0n) is 20.5. The third-order valence-corrected chi connectivity index (χ3v) is 6.57. The molecule has 0 fully saturated rings. The quantitative estimate of drug-likeness (QED) is 0.438. The summed E-state index contributed by atoms with van der Waals surface area (Å²) in [6.45, 7) is 4.86. The van der Waals surface area contributed by atoms with Crippen molar-refractivity contribution >= 4 is 17.7 Å². The number of ether oxygens (including phenoxy) is 2. The van der Waals surface area contributed by atoms with Crippen molar-refractivity contribution in [3.8, 4) is 17.2 Å². The number of carbonyl (C=O) groups is 1. The Hall–Kier alpha value is -4.09. The van der Waals surface area contributed by atoms with E-state index in [1.807, 2.05) is 6.92 Å². The largest absolute Gasteiger partial charge is 0.496 e. The van der Waals surface area contributed by atoms with Crippen molar-refractivity contribution in [2.24, 2.45) is 17.6 Å². The fourth-order valence-electron chi connectivity index (χ4n) is 4.34. The molecular formula is C24H26F2N6O4. The highest BCUT2D eigenvalue weighted by Crippen LogP contribution is 2.41. The number of rotatable bonds is 8. The first-order chi connectivity index (χ1) is 17.1. The van der Waals surface area contributed by atoms with Gasteiger partial charge in [-0.2, -0.15) is 14.5 Å². The van der Waals surface area contributed by atoms with Gasteiger partial charge in [-0.05, 0) is 67.1 Å². The van der Waals surface area contributed by atoms with Crippen LogP contribution in [0, 0.1) is 12.3 Å². The Morgan fingerprint density at radius 1 is 1.17 bits per heavy atom. The van der Waals surface area contributed by atoms with Gasteiger partial charge in [-0.15, -0.1) is 0 Å². The van der Waals surface area contributed by atoms with E-state index in [1.165, 1.54) is 26.1 Å². The molecule has 0 N–H and O–H groups in total. The number of anilines is 1. The van der Waals surface area contributed by atoms with Crippen LogP contribution in [-0.4, -0.2) is 51.4 Å². The second kappa shape index (κ2) is 9.51. The van der Waals surface area contributed by atoms with Crippen LogP contribution in [-0.2, 0) is 18.4 Å². The number of hydrogen-bond acceptors (Lipinski definition) is 8. The van der Waals surface area contributed by atoms with Gasteiger partial charge in [-0.25, -0.2) is 13.6 Å². The van der Waals surface area contributed by atoms with Crippen LogP contribution >= 0.6 is 0 Å². The number of aromatic nitrogens is 4. The topological polar surface area (TPSA) is 104 Å². The van der Waals surface area contributed by atoms with Gasteiger partial charge in [0, 0.05) is 7.05 Å². The Labute approximate surface area is 205 Å². The average molecular weight is 501 g/mol. The highest BCUT2D eigenvalue weighted by Gasteiger charge is 2.54. The summed E-state index contributed by atoms with van der Waals surface area (Å²) in [6.07, 6.45) is -2.59. The molecule has 0 saturated heterocycles. The molecule has 3 aromatic rings. The zero-order chi connectivity index (χ0) is 26.2. The third-order valence-electron chi connectivity index (χ3n) is 6.57. The molecule has 2 unspecified atom stereocenters. The Morgan fingerprint density at radius 3 is 2.47 bits per heavy atom. The number of hydrogen-bond donors (Lipinski definition) is 0. The van der Waals surface area contributed by atoms with Crippen LogP contribution in [0.3, 0.4) is 0 Å². The highest BCUT2D eigenvalue weighted by atomic mass is 19.3. The minimum atomic E-state index is -2.88. The molecule has 2 atom stereocenters. The van der Waals surface area contributed by atoms with Gasteiger partial charge in [0.15, 0.2) is 0 Å². The number of aldehydes is 1. The molecule has 36 heavy (non-hydrogen) atoms. The van der Waals surface area contributed by atoms with Gasteiger partial charge in [0.05, 0.1) is 35.8 Å². The second-order valence-electron chi connectivity index (χ2n) is 8.55. The number of tetrazole rings is 1. The smallest absolute Gasteiger partial charge is 0.368 e. The molecule has 0 saturated carbocycles. The molecule has 1 aliphatic rings. The SMILES string of the molecule is COc1cccc(-n2nnn(C)c2=O)c1COc1ccc(N2N=C(C)C(C=O)(C(F)F)C2C)cc1C. The van der Waals surface area contributed by atoms with Gasteiger partial charge in [-0.1, -0.05) is 6.07 Å². The monoisotopic (exact) mass is 500 g/mol. The van der Waals surface area contributed by atoms with E-state index >= 15 is 0 Å². The molecule has 10 nitrogen and oxygen atoms in total. The average Bonchev–Trinajstić information content (AvgIpc) is 3.33. The number of hydrazone groups is 1. The van der Waals surface area contributed by atoms with E-state index in [0.29, 0.717) is 34.7 Å². The summed E-state index contributed by atoms with van der Waals surface area (Å²) < 4.78 is 41.5. The first kappa shape index (κ1) is 25.0. The van der Waals surface area contributed by atoms with Crippen molar-refractivity contribution in [3.63, 3.8) is 0 Å². The van der Waals surface area contributed by atoms with Crippen molar-refractivity contribution < 1.29 is 23.0 Å². The minimum Gasteiger partial charge on any atom is -0.496 e. The molecular weight excluding hydrogens is 474 g/mol. The number of carbonyl (C=O) groups excluding carboxylic acids is 1. The third kappa shape index (κ3) is 3.91. The lowest BCUT2D eigenvalue weighted by atomic mass is 9.79. The van der Waals surface area contributed by atoms with E-state index in [-0.39, 0.29) is 12.3 Å². The van der Waals surface area contributed by atoms with Crippen molar-refractivity contribution in [3.05, 3.63) is 58.0 Å². The first-order valence-corrected chi connectivity index (χ1v) is 11.1. The van der Waals surface area contributed by atoms with Crippen LogP contribution in [0.25, 0.3) is 5.69 Å². The number of halogens is 2. The Kier molecular flexibility index (Phi) is 6.61. The van der Waals surface area contributed by atoms with Gasteiger partial charge in [-0.3, -0.25) is 5.01 Å². The van der Waals surface area contributed by atoms with Crippen LogP contribution in [0.15, 0.2) is 46.3 Å². The minimum absolute atomic E-state index is 0.0551. The van der Waals surface area contributed by atoms with Crippen molar-refractivity contribution in [1.82, 2.24) is 19.8 Å². The first-order valence-electron chi connectivity index (χ1n) is 11.1. The van der Waals surface area contributed by atoms with Crippen LogP contribution in [0.2, 0.25) is 0 Å². The zero-order valence-corrected chi connectivity index (χ0v) is 20.5. The summed E-state index contributed by atoms with van der Waals surface area (Å²) in [5, 5.41) is 13.4.